The lowest BCUT2D eigenvalue weighted by Crippen LogP contribution is -2.41. The second-order valence-corrected chi connectivity index (χ2v) is 5.41. The van der Waals surface area contributed by atoms with Crippen molar-refractivity contribution in [3.63, 3.8) is 0 Å². The fraction of sp³-hybridized carbons (Fsp3) is 0.571. The number of rotatable bonds is 3. The largest absolute Gasteiger partial charge is 0.376 e. The fourth-order valence-corrected chi connectivity index (χ4v) is 2.60. The molecule has 0 radical (unpaired) electrons. The number of amides is 1. The molecule has 2 unspecified atom stereocenters. The molecule has 0 aromatic carbocycles. The summed E-state index contributed by atoms with van der Waals surface area (Å²) < 4.78 is 7.14. The van der Waals surface area contributed by atoms with E-state index in [1.54, 1.807) is 19.3 Å². The molecule has 1 amide bonds. The van der Waals surface area contributed by atoms with Gasteiger partial charge in [0, 0.05) is 31.5 Å². The monoisotopic (exact) mass is 262 g/mol. The van der Waals surface area contributed by atoms with Crippen LogP contribution in [0.2, 0.25) is 0 Å². The van der Waals surface area contributed by atoms with Crippen molar-refractivity contribution >= 4 is 5.91 Å². The Kier molecular flexibility index (Phi) is 3.14. The van der Waals surface area contributed by atoms with Crippen LogP contribution in [0.25, 0.3) is 0 Å². The Balaban J connectivity index is 1.70. The lowest BCUT2D eigenvalue weighted by molar-refractivity contribution is 0.0729. The number of hydrogen-bond acceptors (Lipinski definition) is 3. The van der Waals surface area contributed by atoms with Crippen LogP contribution in [0.5, 0.6) is 0 Å². The standard InChI is InChI=1S/C14H18N2O3/c1-16-6-4-10(8-12(16)17)14(18)15-11-5-7-19-13(11)9-2-3-9/h4,6,8-9,11,13H,2-3,5,7H2,1H3,(H,15,18). The summed E-state index contributed by atoms with van der Waals surface area (Å²) >= 11 is 0. The summed E-state index contributed by atoms with van der Waals surface area (Å²) in [5, 5.41) is 3.00. The van der Waals surface area contributed by atoms with Gasteiger partial charge in [-0.25, -0.2) is 0 Å². The molecule has 19 heavy (non-hydrogen) atoms. The molecule has 2 heterocycles. The molecule has 2 aliphatic rings. The predicted octanol–water partition coefficient (Wildman–Crippen LogP) is 0.683. The van der Waals surface area contributed by atoms with Gasteiger partial charge in [-0.3, -0.25) is 9.59 Å². The molecular formula is C14H18N2O3. The first-order valence-corrected chi connectivity index (χ1v) is 6.74. The number of hydrogen-bond donors (Lipinski definition) is 1. The number of aryl methyl sites for hydroxylation is 1. The Labute approximate surface area is 111 Å². The van der Waals surface area contributed by atoms with Crippen molar-refractivity contribution in [3.8, 4) is 0 Å². The Morgan fingerprint density at radius 1 is 1.42 bits per heavy atom. The highest BCUT2D eigenvalue weighted by atomic mass is 16.5. The summed E-state index contributed by atoms with van der Waals surface area (Å²) in [6.45, 7) is 0.711. The van der Waals surface area contributed by atoms with E-state index in [1.165, 1.54) is 23.5 Å². The van der Waals surface area contributed by atoms with Crippen molar-refractivity contribution in [3.05, 3.63) is 34.2 Å². The van der Waals surface area contributed by atoms with Gasteiger partial charge in [0.1, 0.15) is 0 Å². The summed E-state index contributed by atoms with van der Waals surface area (Å²) in [6, 6.07) is 3.12. The lowest BCUT2D eigenvalue weighted by Gasteiger charge is -2.19. The average molecular weight is 262 g/mol. The molecule has 0 spiro atoms. The summed E-state index contributed by atoms with van der Waals surface area (Å²) in [5.74, 6) is 0.426. The minimum absolute atomic E-state index is 0.0871. The van der Waals surface area contributed by atoms with Crippen LogP contribution in [0.3, 0.4) is 0 Å². The molecule has 5 heteroatoms. The van der Waals surface area contributed by atoms with Gasteiger partial charge in [0.25, 0.3) is 11.5 Å². The zero-order valence-electron chi connectivity index (χ0n) is 11.0. The number of carbonyl (C=O) groups excluding carboxylic acids is 1. The number of ether oxygens (including phenoxy) is 1. The molecule has 0 bridgehead atoms. The molecular weight excluding hydrogens is 244 g/mol. The molecule has 1 N–H and O–H groups in total. The van der Waals surface area contributed by atoms with Crippen LogP contribution in [-0.2, 0) is 11.8 Å². The van der Waals surface area contributed by atoms with Crippen molar-refractivity contribution in [1.29, 1.82) is 0 Å². The van der Waals surface area contributed by atoms with Gasteiger partial charge in [-0.1, -0.05) is 0 Å². The van der Waals surface area contributed by atoms with E-state index in [1.807, 2.05) is 0 Å². The van der Waals surface area contributed by atoms with E-state index in [0.717, 1.165) is 6.42 Å². The first kappa shape index (κ1) is 12.4. The molecule has 1 aliphatic heterocycles. The van der Waals surface area contributed by atoms with E-state index in [9.17, 15) is 9.59 Å². The van der Waals surface area contributed by atoms with Crippen LogP contribution >= 0.6 is 0 Å². The number of carbonyl (C=O) groups is 1. The smallest absolute Gasteiger partial charge is 0.251 e. The van der Waals surface area contributed by atoms with Crippen LogP contribution in [0, 0.1) is 5.92 Å². The number of pyridine rings is 1. The second-order valence-electron chi connectivity index (χ2n) is 5.41. The van der Waals surface area contributed by atoms with E-state index in [4.69, 9.17) is 4.74 Å². The average Bonchev–Trinajstić information content (AvgIpc) is 3.13. The molecule has 2 fully saturated rings. The maximum absolute atomic E-state index is 12.1. The van der Waals surface area contributed by atoms with Crippen molar-refractivity contribution in [2.45, 2.75) is 31.4 Å². The highest BCUT2D eigenvalue weighted by Crippen LogP contribution is 2.38. The number of nitrogens with one attached hydrogen (secondary N) is 1. The first-order valence-electron chi connectivity index (χ1n) is 6.74. The SMILES string of the molecule is Cn1ccc(C(=O)NC2CCOC2C2CC2)cc1=O. The lowest BCUT2D eigenvalue weighted by atomic mass is 10.1. The molecule has 1 saturated carbocycles. The summed E-state index contributed by atoms with van der Waals surface area (Å²) in [6.07, 6.45) is 5.03. The van der Waals surface area contributed by atoms with Crippen molar-refractivity contribution < 1.29 is 9.53 Å². The molecule has 1 saturated heterocycles. The van der Waals surface area contributed by atoms with E-state index in [0.29, 0.717) is 18.1 Å². The van der Waals surface area contributed by atoms with Gasteiger partial charge in [-0.15, -0.1) is 0 Å². The molecule has 3 rings (SSSR count). The number of nitrogens with zero attached hydrogens (tertiary/aromatic N) is 1. The van der Waals surface area contributed by atoms with Crippen molar-refractivity contribution in [1.82, 2.24) is 9.88 Å². The third-order valence-electron chi connectivity index (χ3n) is 3.91. The Hall–Kier alpha value is -1.62. The van der Waals surface area contributed by atoms with E-state index >= 15 is 0 Å². The predicted molar refractivity (Wildman–Crippen MR) is 70.0 cm³/mol. The van der Waals surface area contributed by atoms with Crippen molar-refractivity contribution in [2.75, 3.05) is 6.61 Å². The summed E-state index contributed by atoms with van der Waals surface area (Å²) in [4.78, 5) is 23.7. The maximum atomic E-state index is 12.1. The van der Waals surface area contributed by atoms with E-state index in [2.05, 4.69) is 5.32 Å². The van der Waals surface area contributed by atoms with Gasteiger partial charge in [0.15, 0.2) is 0 Å². The van der Waals surface area contributed by atoms with Crippen LogP contribution in [0.4, 0.5) is 0 Å². The van der Waals surface area contributed by atoms with Crippen LogP contribution in [-0.4, -0.2) is 29.2 Å². The minimum atomic E-state index is -0.182. The third kappa shape index (κ3) is 2.56. The van der Waals surface area contributed by atoms with Gasteiger partial charge in [-0.2, -0.15) is 0 Å². The van der Waals surface area contributed by atoms with Crippen LogP contribution < -0.4 is 10.9 Å². The zero-order valence-corrected chi connectivity index (χ0v) is 11.0. The first-order chi connectivity index (χ1) is 9.15. The molecule has 102 valence electrons. The molecule has 2 atom stereocenters. The van der Waals surface area contributed by atoms with E-state index in [-0.39, 0.29) is 23.6 Å². The summed E-state index contributed by atoms with van der Waals surface area (Å²) in [5.41, 5.74) is 0.249. The Morgan fingerprint density at radius 3 is 2.89 bits per heavy atom. The normalized spacial score (nSPS) is 26.4. The van der Waals surface area contributed by atoms with Crippen LogP contribution in [0.15, 0.2) is 23.1 Å². The molecule has 5 nitrogen and oxygen atoms in total. The Bertz CT molecular complexity index is 548. The van der Waals surface area contributed by atoms with Gasteiger partial charge in [0.05, 0.1) is 12.1 Å². The Morgan fingerprint density at radius 2 is 2.21 bits per heavy atom. The fourth-order valence-electron chi connectivity index (χ4n) is 2.60. The molecule has 1 aliphatic carbocycles. The van der Waals surface area contributed by atoms with E-state index < -0.39 is 0 Å². The minimum Gasteiger partial charge on any atom is -0.376 e. The van der Waals surface area contributed by atoms with Gasteiger partial charge in [0.2, 0.25) is 0 Å². The highest BCUT2D eigenvalue weighted by molar-refractivity contribution is 5.94. The van der Waals surface area contributed by atoms with Gasteiger partial charge in [-0.05, 0) is 31.2 Å². The number of aromatic nitrogens is 1. The van der Waals surface area contributed by atoms with Crippen LogP contribution in [0.1, 0.15) is 29.6 Å². The quantitative estimate of drug-likeness (QED) is 0.871. The summed E-state index contributed by atoms with van der Waals surface area (Å²) in [7, 11) is 1.66. The zero-order chi connectivity index (χ0) is 13.4. The molecule has 1 aromatic rings. The molecule has 1 aromatic heterocycles. The van der Waals surface area contributed by atoms with Gasteiger partial charge >= 0.3 is 0 Å². The maximum Gasteiger partial charge on any atom is 0.251 e. The van der Waals surface area contributed by atoms with Crippen molar-refractivity contribution in [2.24, 2.45) is 13.0 Å². The van der Waals surface area contributed by atoms with Gasteiger partial charge < -0.3 is 14.6 Å². The highest BCUT2D eigenvalue weighted by Gasteiger charge is 2.41. The third-order valence-corrected chi connectivity index (χ3v) is 3.91. The second kappa shape index (κ2) is 4.81. The topological polar surface area (TPSA) is 60.3 Å².